The molecule has 0 aliphatic heterocycles. The molecule has 3 rings (SSSR count). The zero-order valence-corrected chi connectivity index (χ0v) is 12.9. The van der Waals surface area contributed by atoms with Gasteiger partial charge in [0.15, 0.2) is 5.82 Å². The largest absolute Gasteiger partial charge is 0.340 e. The second kappa shape index (κ2) is 7.14. The fourth-order valence-electron chi connectivity index (χ4n) is 1.95. The Morgan fingerprint density at radius 3 is 2.38 bits per heavy atom. The van der Waals surface area contributed by atoms with Crippen molar-refractivity contribution in [2.75, 3.05) is 16.0 Å². The van der Waals surface area contributed by atoms with Gasteiger partial charge in [0, 0.05) is 36.9 Å². The average Bonchev–Trinajstić information content (AvgIpc) is 2.57. The fraction of sp³-hybridized carbons (Fsp3) is 0.0625. The molecule has 3 aromatic rings. The van der Waals surface area contributed by atoms with Gasteiger partial charge in [-0.1, -0.05) is 0 Å². The molecule has 2 aromatic heterocycles. The van der Waals surface area contributed by atoms with Crippen LogP contribution < -0.4 is 16.0 Å². The number of hydrogen-bond acceptors (Lipinski definition) is 7. The Kier molecular flexibility index (Phi) is 4.57. The molecule has 0 saturated carbocycles. The topological polar surface area (TPSA) is 105 Å². The van der Waals surface area contributed by atoms with Gasteiger partial charge in [-0.3, -0.25) is 9.78 Å². The molecule has 0 fully saturated rings. The van der Waals surface area contributed by atoms with Crippen LogP contribution in [0.2, 0.25) is 0 Å². The first-order valence-corrected chi connectivity index (χ1v) is 7.20. The third-order valence-corrected chi connectivity index (χ3v) is 2.94. The molecule has 1 aromatic carbocycles. The highest BCUT2D eigenvalue weighted by Gasteiger charge is 2.02. The number of nitrogens with one attached hydrogen (secondary N) is 3. The van der Waals surface area contributed by atoms with E-state index in [2.05, 4.69) is 35.9 Å². The van der Waals surface area contributed by atoms with Crippen LogP contribution in [-0.4, -0.2) is 25.8 Å². The SMILES string of the molecule is CC(=O)Nc1ccc(Nc2ccnc(Nc3cnccn3)n2)cc1. The smallest absolute Gasteiger partial charge is 0.230 e. The number of carbonyl (C=O) groups is 1. The van der Waals surface area contributed by atoms with E-state index in [1.54, 1.807) is 30.9 Å². The van der Waals surface area contributed by atoms with Gasteiger partial charge in [0.25, 0.3) is 0 Å². The molecule has 0 bridgehead atoms. The molecule has 3 N–H and O–H groups in total. The molecule has 0 atom stereocenters. The number of carbonyl (C=O) groups excluding carboxylic acids is 1. The minimum Gasteiger partial charge on any atom is -0.340 e. The highest BCUT2D eigenvalue weighted by atomic mass is 16.1. The zero-order valence-electron chi connectivity index (χ0n) is 12.9. The summed E-state index contributed by atoms with van der Waals surface area (Å²) in [7, 11) is 0. The third kappa shape index (κ3) is 4.23. The number of nitrogens with zero attached hydrogens (tertiary/aromatic N) is 4. The van der Waals surface area contributed by atoms with E-state index in [1.165, 1.54) is 6.92 Å². The van der Waals surface area contributed by atoms with Crippen molar-refractivity contribution in [3.05, 3.63) is 55.1 Å². The van der Waals surface area contributed by atoms with Crippen molar-refractivity contribution in [3.8, 4) is 0 Å². The summed E-state index contributed by atoms with van der Waals surface area (Å²) in [6, 6.07) is 9.07. The van der Waals surface area contributed by atoms with Gasteiger partial charge < -0.3 is 16.0 Å². The van der Waals surface area contributed by atoms with Gasteiger partial charge in [0.1, 0.15) is 5.82 Å². The standard InChI is InChI=1S/C16H15N7O/c1-11(24)20-12-2-4-13(5-3-12)21-14-6-7-19-16(22-14)23-15-10-17-8-9-18-15/h2-10H,1H3,(H,20,24)(H2,18,19,21,22,23). The van der Waals surface area contributed by atoms with Crippen LogP contribution in [-0.2, 0) is 4.79 Å². The predicted molar refractivity (Wildman–Crippen MR) is 91.4 cm³/mol. The van der Waals surface area contributed by atoms with Gasteiger partial charge in [0.05, 0.1) is 6.20 Å². The first-order chi connectivity index (χ1) is 11.7. The summed E-state index contributed by atoms with van der Waals surface area (Å²) in [5.74, 6) is 1.50. The van der Waals surface area contributed by atoms with Gasteiger partial charge in [-0.25, -0.2) is 9.97 Å². The van der Waals surface area contributed by atoms with Gasteiger partial charge >= 0.3 is 0 Å². The number of benzene rings is 1. The van der Waals surface area contributed by atoms with Crippen molar-refractivity contribution in [1.29, 1.82) is 0 Å². The molecule has 0 spiro atoms. The van der Waals surface area contributed by atoms with Crippen LogP contribution in [0, 0.1) is 0 Å². The summed E-state index contributed by atoms with van der Waals surface area (Å²) in [6.45, 7) is 1.47. The molecular formula is C16H15N7O. The highest BCUT2D eigenvalue weighted by Crippen LogP contribution is 2.18. The molecule has 8 heteroatoms. The maximum Gasteiger partial charge on any atom is 0.230 e. The molecule has 0 aliphatic carbocycles. The first kappa shape index (κ1) is 15.3. The maximum absolute atomic E-state index is 11.0. The van der Waals surface area contributed by atoms with Crippen LogP contribution in [0.25, 0.3) is 0 Å². The lowest BCUT2D eigenvalue weighted by Crippen LogP contribution is -2.05. The van der Waals surface area contributed by atoms with Crippen LogP contribution in [0.3, 0.4) is 0 Å². The second-order valence-corrected chi connectivity index (χ2v) is 4.86. The normalized spacial score (nSPS) is 10.0. The van der Waals surface area contributed by atoms with Crippen molar-refractivity contribution in [3.63, 3.8) is 0 Å². The van der Waals surface area contributed by atoms with Gasteiger partial charge in [-0.2, -0.15) is 4.98 Å². The van der Waals surface area contributed by atoms with Crippen LogP contribution in [0.5, 0.6) is 0 Å². The maximum atomic E-state index is 11.0. The van der Waals surface area contributed by atoms with Gasteiger partial charge in [-0.15, -0.1) is 0 Å². The average molecular weight is 321 g/mol. The Hall–Kier alpha value is -3.55. The molecule has 0 unspecified atom stereocenters. The predicted octanol–water partition coefficient (Wildman–Crippen LogP) is 2.71. The molecule has 24 heavy (non-hydrogen) atoms. The van der Waals surface area contributed by atoms with Crippen molar-refractivity contribution >= 4 is 34.9 Å². The summed E-state index contributed by atoms with van der Waals surface area (Å²) in [6.07, 6.45) is 6.40. The summed E-state index contributed by atoms with van der Waals surface area (Å²) in [5.41, 5.74) is 1.58. The molecule has 8 nitrogen and oxygen atoms in total. The van der Waals surface area contributed by atoms with Crippen molar-refractivity contribution in [1.82, 2.24) is 19.9 Å². The number of hydrogen-bond donors (Lipinski definition) is 3. The molecule has 0 saturated heterocycles. The van der Waals surface area contributed by atoms with Gasteiger partial charge in [0.2, 0.25) is 11.9 Å². The first-order valence-electron chi connectivity index (χ1n) is 7.20. The molecule has 0 aliphatic rings. The summed E-state index contributed by atoms with van der Waals surface area (Å²) in [5, 5.41) is 8.87. The van der Waals surface area contributed by atoms with E-state index in [1.807, 2.05) is 24.3 Å². The Morgan fingerprint density at radius 1 is 0.875 bits per heavy atom. The van der Waals surface area contributed by atoms with Crippen LogP contribution >= 0.6 is 0 Å². The summed E-state index contributed by atoms with van der Waals surface area (Å²) < 4.78 is 0. The summed E-state index contributed by atoms with van der Waals surface area (Å²) in [4.78, 5) is 27.6. The van der Waals surface area contributed by atoms with E-state index in [-0.39, 0.29) is 5.91 Å². The number of rotatable bonds is 5. The van der Waals surface area contributed by atoms with E-state index in [0.717, 1.165) is 11.4 Å². The third-order valence-electron chi connectivity index (χ3n) is 2.94. The molecule has 1 amide bonds. The van der Waals surface area contributed by atoms with E-state index >= 15 is 0 Å². The quantitative estimate of drug-likeness (QED) is 0.663. The van der Waals surface area contributed by atoms with Crippen molar-refractivity contribution in [2.24, 2.45) is 0 Å². The number of amides is 1. The Balaban J connectivity index is 1.69. The fourth-order valence-corrected chi connectivity index (χ4v) is 1.95. The van der Waals surface area contributed by atoms with E-state index in [0.29, 0.717) is 17.6 Å². The lowest BCUT2D eigenvalue weighted by atomic mass is 10.2. The molecule has 2 heterocycles. The molecular weight excluding hydrogens is 306 g/mol. The number of anilines is 5. The van der Waals surface area contributed by atoms with Gasteiger partial charge in [-0.05, 0) is 30.3 Å². The second-order valence-electron chi connectivity index (χ2n) is 4.86. The Bertz CT molecular complexity index is 821. The Morgan fingerprint density at radius 2 is 1.67 bits per heavy atom. The molecule has 0 radical (unpaired) electrons. The van der Waals surface area contributed by atoms with Crippen LogP contribution in [0.15, 0.2) is 55.1 Å². The van der Waals surface area contributed by atoms with E-state index < -0.39 is 0 Å². The monoisotopic (exact) mass is 321 g/mol. The number of aromatic nitrogens is 4. The van der Waals surface area contributed by atoms with E-state index in [9.17, 15) is 4.79 Å². The summed E-state index contributed by atoms with van der Waals surface area (Å²) >= 11 is 0. The lowest BCUT2D eigenvalue weighted by Gasteiger charge is -2.09. The van der Waals surface area contributed by atoms with E-state index in [4.69, 9.17) is 0 Å². The minimum absolute atomic E-state index is 0.105. The highest BCUT2D eigenvalue weighted by molar-refractivity contribution is 5.88. The van der Waals surface area contributed by atoms with Crippen LogP contribution in [0.4, 0.5) is 29.0 Å². The molecule has 120 valence electrons. The zero-order chi connectivity index (χ0) is 16.8. The van der Waals surface area contributed by atoms with Crippen LogP contribution in [0.1, 0.15) is 6.92 Å². The van der Waals surface area contributed by atoms with Crippen molar-refractivity contribution in [2.45, 2.75) is 6.92 Å². The minimum atomic E-state index is -0.105. The van der Waals surface area contributed by atoms with Crippen molar-refractivity contribution < 1.29 is 4.79 Å². The Labute approximate surface area is 138 Å². The lowest BCUT2D eigenvalue weighted by molar-refractivity contribution is -0.114.